The molecular weight excluding hydrogens is 344 g/mol. The average molecular weight is 375 g/mol. The number of likely N-dealkylation sites (tertiary alicyclic amines) is 1. The molecule has 6 nitrogen and oxygen atoms in total. The minimum Gasteiger partial charge on any atom is -0.466 e. The van der Waals surface area contributed by atoms with Gasteiger partial charge in [0.25, 0.3) is 0 Å². The molecule has 3 rings (SSSR count). The van der Waals surface area contributed by atoms with Crippen LogP contribution >= 0.6 is 12.4 Å². The van der Waals surface area contributed by atoms with Crippen LogP contribution in [-0.4, -0.2) is 54.7 Å². The molecule has 0 aromatic carbocycles. The third-order valence-corrected chi connectivity index (χ3v) is 6.37. The topological polar surface area (TPSA) is 81.9 Å². The number of rotatable bonds is 3. The van der Waals surface area contributed by atoms with Crippen molar-refractivity contribution in [1.29, 1.82) is 0 Å². The third kappa shape index (κ3) is 3.06. The van der Waals surface area contributed by atoms with Gasteiger partial charge in [-0.3, -0.25) is 9.59 Å². The van der Waals surface area contributed by atoms with Crippen LogP contribution in [0, 0.1) is 17.3 Å². The molecule has 1 amide bonds. The van der Waals surface area contributed by atoms with Gasteiger partial charge in [0.15, 0.2) is 0 Å². The van der Waals surface area contributed by atoms with Gasteiger partial charge >= 0.3 is 5.97 Å². The van der Waals surface area contributed by atoms with Gasteiger partial charge in [-0.15, -0.1) is 12.4 Å². The molecular formula is C18H31ClN2O4. The van der Waals surface area contributed by atoms with Crippen LogP contribution in [0.25, 0.3) is 0 Å². The lowest BCUT2D eigenvalue weighted by Crippen LogP contribution is -2.82. The Morgan fingerprint density at radius 1 is 1.28 bits per heavy atom. The second kappa shape index (κ2) is 7.41. The Hall–Kier alpha value is -0.850. The van der Waals surface area contributed by atoms with E-state index in [2.05, 4.69) is 0 Å². The first kappa shape index (κ1) is 20.5. The predicted octanol–water partition coefficient (Wildman–Crippen LogP) is 1.74. The minimum absolute atomic E-state index is 0. The molecule has 0 spiro atoms. The predicted molar refractivity (Wildman–Crippen MR) is 96.3 cm³/mol. The number of piperidine rings is 1. The molecule has 1 saturated carbocycles. The van der Waals surface area contributed by atoms with Gasteiger partial charge in [-0.05, 0) is 32.6 Å². The fraction of sp³-hybridized carbons (Fsp3) is 0.889. The molecule has 7 heteroatoms. The molecule has 2 heterocycles. The van der Waals surface area contributed by atoms with Crippen molar-refractivity contribution >= 4 is 24.3 Å². The number of esters is 1. The molecule has 4 atom stereocenters. The highest BCUT2D eigenvalue weighted by Gasteiger charge is 2.70. The van der Waals surface area contributed by atoms with E-state index in [0.717, 1.165) is 32.3 Å². The minimum atomic E-state index is -0.894. The number of amides is 1. The van der Waals surface area contributed by atoms with Gasteiger partial charge in [0, 0.05) is 31.0 Å². The molecule has 0 aromatic heterocycles. The van der Waals surface area contributed by atoms with Crippen molar-refractivity contribution in [1.82, 2.24) is 4.90 Å². The van der Waals surface area contributed by atoms with Crippen LogP contribution in [0.5, 0.6) is 0 Å². The third-order valence-electron chi connectivity index (χ3n) is 6.37. The molecule has 1 aliphatic carbocycles. The summed E-state index contributed by atoms with van der Waals surface area (Å²) in [6, 6.07) is 0. The van der Waals surface area contributed by atoms with Crippen LogP contribution in [0.15, 0.2) is 0 Å². The highest BCUT2D eigenvalue weighted by Crippen LogP contribution is 2.58. The summed E-state index contributed by atoms with van der Waals surface area (Å²) in [5, 5.41) is 0. The van der Waals surface area contributed by atoms with Crippen molar-refractivity contribution in [3.05, 3.63) is 0 Å². The maximum Gasteiger partial charge on any atom is 0.310 e. The maximum absolute atomic E-state index is 13.3. The van der Waals surface area contributed by atoms with Gasteiger partial charge < -0.3 is 20.1 Å². The zero-order valence-corrected chi connectivity index (χ0v) is 16.3. The molecule has 0 bridgehead atoms. The lowest BCUT2D eigenvalue weighted by molar-refractivity contribution is -0.230. The molecule has 144 valence electrons. The highest BCUT2D eigenvalue weighted by atomic mass is 35.5. The summed E-state index contributed by atoms with van der Waals surface area (Å²) in [5.74, 6) is -0.370. The van der Waals surface area contributed by atoms with E-state index in [9.17, 15) is 9.59 Å². The molecule has 3 aliphatic rings. The molecule has 2 aliphatic heterocycles. The van der Waals surface area contributed by atoms with Crippen molar-refractivity contribution in [3.63, 3.8) is 0 Å². The summed E-state index contributed by atoms with van der Waals surface area (Å²) in [6.45, 7) is 8.08. The quantitative estimate of drug-likeness (QED) is 0.761. The van der Waals surface area contributed by atoms with E-state index in [-0.39, 0.29) is 47.6 Å². The maximum atomic E-state index is 13.3. The van der Waals surface area contributed by atoms with E-state index >= 15 is 0 Å². The summed E-state index contributed by atoms with van der Waals surface area (Å²) in [4.78, 5) is 27.1. The van der Waals surface area contributed by atoms with E-state index in [1.807, 2.05) is 13.8 Å². The Morgan fingerprint density at radius 3 is 2.68 bits per heavy atom. The average Bonchev–Trinajstić information content (AvgIpc) is 2.60. The fourth-order valence-corrected chi connectivity index (χ4v) is 4.89. The Balaban J connectivity index is 0.00000225. The molecule has 4 unspecified atom stereocenters. The number of nitrogens with zero attached hydrogens (tertiary/aromatic N) is 1. The molecule has 0 radical (unpaired) electrons. The second-order valence-corrected chi connectivity index (χ2v) is 7.97. The van der Waals surface area contributed by atoms with Crippen molar-refractivity contribution in [2.45, 2.75) is 58.1 Å². The molecule has 2 saturated heterocycles. The van der Waals surface area contributed by atoms with Gasteiger partial charge in [0.05, 0.1) is 18.6 Å². The second-order valence-electron chi connectivity index (χ2n) is 7.97. The Morgan fingerprint density at radius 2 is 2.00 bits per heavy atom. The number of carbonyl (C=O) groups is 2. The van der Waals surface area contributed by atoms with E-state index in [1.54, 1.807) is 11.8 Å². The molecule has 0 aromatic rings. The monoisotopic (exact) mass is 374 g/mol. The smallest absolute Gasteiger partial charge is 0.310 e. The van der Waals surface area contributed by atoms with Gasteiger partial charge in [0.2, 0.25) is 5.91 Å². The fourth-order valence-electron chi connectivity index (χ4n) is 4.89. The van der Waals surface area contributed by atoms with Crippen LogP contribution in [0.3, 0.4) is 0 Å². The van der Waals surface area contributed by atoms with Gasteiger partial charge in [-0.1, -0.05) is 13.8 Å². The summed E-state index contributed by atoms with van der Waals surface area (Å²) in [5.41, 5.74) is 5.43. The van der Waals surface area contributed by atoms with Gasteiger partial charge in [-0.25, -0.2) is 0 Å². The van der Waals surface area contributed by atoms with Gasteiger partial charge in [-0.2, -0.15) is 0 Å². The molecule has 25 heavy (non-hydrogen) atoms. The number of carbonyl (C=O) groups excluding carboxylic acids is 2. The van der Waals surface area contributed by atoms with E-state index in [0.29, 0.717) is 19.7 Å². The van der Waals surface area contributed by atoms with Crippen LogP contribution in [0.2, 0.25) is 0 Å². The first-order valence-corrected chi connectivity index (χ1v) is 9.20. The van der Waals surface area contributed by atoms with Crippen molar-refractivity contribution < 1.29 is 19.1 Å². The molecule has 3 fully saturated rings. The summed E-state index contributed by atoms with van der Waals surface area (Å²) < 4.78 is 11.0. The SMILES string of the molecule is CCOC(=O)C1CCCN(C(=O)C2(N)C3CCCOC3C2(C)C)C1.Cl. The summed E-state index contributed by atoms with van der Waals surface area (Å²) >= 11 is 0. The summed E-state index contributed by atoms with van der Waals surface area (Å²) in [6.07, 6.45) is 3.54. The highest BCUT2D eigenvalue weighted by molar-refractivity contribution is 5.90. The summed E-state index contributed by atoms with van der Waals surface area (Å²) in [7, 11) is 0. The lowest BCUT2D eigenvalue weighted by Gasteiger charge is -2.66. The van der Waals surface area contributed by atoms with E-state index in [4.69, 9.17) is 15.2 Å². The van der Waals surface area contributed by atoms with Crippen LogP contribution in [0.1, 0.15) is 46.5 Å². The number of fused-ring (bicyclic) bond motifs is 1. The Labute approximate surface area is 156 Å². The first-order valence-electron chi connectivity index (χ1n) is 9.20. The van der Waals surface area contributed by atoms with E-state index in [1.165, 1.54) is 0 Å². The van der Waals surface area contributed by atoms with Crippen LogP contribution in [0.4, 0.5) is 0 Å². The zero-order valence-electron chi connectivity index (χ0n) is 15.5. The first-order chi connectivity index (χ1) is 11.3. The largest absolute Gasteiger partial charge is 0.466 e. The number of hydrogen-bond acceptors (Lipinski definition) is 5. The Bertz CT molecular complexity index is 527. The van der Waals surface area contributed by atoms with Crippen molar-refractivity contribution in [2.24, 2.45) is 23.0 Å². The lowest BCUT2D eigenvalue weighted by atomic mass is 9.46. The van der Waals surface area contributed by atoms with E-state index < -0.39 is 5.54 Å². The number of ether oxygens (including phenoxy) is 2. The normalized spacial score (nSPS) is 36.5. The zero-order chi connectivity index (χ0) is 17.5. The number of nitrogens with two attached hydrogens (primary N) is 1. The number of hydrogen-bond donors (Lipinski definition) is 1. The van der Waals surface area contributed by atoms with Crippen LogP contribution in [-0.2, 0) is 19.1 Å². The van der Waals surface area contributed by atoms with Crippen LogP contribution < -0.4 is 5.73 Å². The standard InChI is InChI=1S/C18H30N2O4.ClH/c1-4-23-15(21)12-7-5-9-20(11-12)16(22)18(19)13-8-6-10-24-14(13)17(18,2)3;/h12-14H,4-11,19H2,1-3H3;1H. The van der Waals surface area contributed by atoms with Crippen molar-refractivity contribution in [3.8, 4) is 0 Å². The van der Waals surface area contributed by atoms with Crippen molar-refractivity contribution in [2.75, 3.05) is 26.3 Å². The van der Waals surface area contributed by atoms with Gasteiger partial charge in [0.1, 0.15) is 5.54 Å². The number of halogens is 1. The Kier molecular flexibility index (Phi) is 6.07. The molecule has 2 N–H and O–H groups in total.